The first-order valence-corrected chi connectivity index (χ1v) is 7.59. The van der Waals surface area contributed by atoms with Crippen LogP contribution in [0.15, 0.2) is 42.5 Å². The lowest BCUT2D eigenvalue weighted by atomic mass is 10.1. The number of hydrogen-bond donors (Lipinski definition) is 2. The van der Waals surface area contributed by atoms with Gasteiger partial charge in [0.25, 0.3) is 0 Å². The van der Waals surface area contributed by atoms with Crippen LogP contribution in [0.2, 0.25) is 0 Å². The third-order valence-corrected chi connectivity index (χ3v) is 3.83. The van der Waals surface area contributed by atoms with Crippen LogP contribution in [0, 0.1) is 0 Å². The Morgan fingerprint density at radius 2 is 2.04 bits per heavy atom. The number of fused-ring (bicyclic) bond motifs is 1. The van der Waals surface area contributed by atoms with Gasteiger partial charge in [-0.05, 0) is 23.6 Å². The molecule has 23 heavy (non-hydrogen) atoms. The molecule has 0 radical (unpaired) electrons. The maximum atomic E-state index is 11.5. The standard InChI is InChI=1S/C18H19NO4/c19-14(10-12-4-2-1-3-5-12)11-23-15-7-6-13-8-9-22-17(13)16(15)18(20)21/h1-7,14H,8-11,19H2,(H,20,21). The number of benzene rings is 2. The molecule has 1 unspecified atom stereocenters. The van der Waals surface area contributed by atoms with Crippen LogP contribution in [0.25, 0.3) is 0 Å². The van der Waals surface area contributed by atoms with E-state index in [2.05, 4.69) is 0 Å². The molecular formula is C18H19NO4. The highest BCUT2D eigenvalue weighted by molar-refractivity contribution is 5.95. The molecule has 3 N–H and O–H groups in total. The van der Waals surface area contributed by atoms with E-state index >= 15 is 0 Å². The van der Waals surface area contributed by atoms with Gasteiger partial charge in [0.1, 0.15) is 23.7 Å². The lowest BCUT2D eigenvalue weighted by Crippen LogP contribution is -2.30. The van der Waals surface area contributed by atoms with Crippen LogP contribution in [0.1, 0.15) is 21.5 Å². The van der Waals surface area contributed by atoms with Gasteiger partial charge in [-0.25, -0.2) is 4.79 Å². The van der Waals surface area contributed by atoms with Gasteiger partial charge in [0.15, 0.2) is 0 Å². The van der Waals surface area contributed by atoms with Crippen molar-refractivity contribution in [2.45, 2.75) is 18.9 Å². The normalized spacial score (nSPS) is 14.0. The molecule has 0 saturated heterocycles. The third-order valence-electron chi connectivity index (χ3n) is 3.83. The van der Waals surface area contributed by atoms with Crippen LogP contribution in [0.3, 0.4) is 0 Å². The zero-order valence-corrected chi connectivity index (χ0v) is 12.7. The summed E-state index contributed by atoms with van der Waals surface area (Å²) in [5.74, 6) is -0.316. The Morgan fingerprint density at radius 1 is 1.26 bits per heavy atom. The van der Waals surface area contributed by atoms with E-state index < -0.39 is 5.97 Å². The Kier molecular flexibility index (Phi) is 4.48. The van der Waals surface area contributed by atoms with Gasteiger partial charge in [0.2, 0.25) is 0 Å². The highest BCUT2D eigenvalue weighted by Crippen LogP contribution is 2.36. The predicted octanol–water partition coefficient (Wildman–Crippen LogP) is 2.27. The fourth-order valence-electron chi connectivity index (χ4n) is 2.73. The Labute approximate surface area is 134 Å². The van der Waals surface area contributed by atoms with E-state index in [-0.39, 0.29) is 18.2 Å². The van der Waals surface area contributed by atoms with Crippen molar-refractivity contribution in [3.05, 3.63) is 59.2 Å². The number of aromatic carboxylic acids is 1. The summed E-state index contributed by atoms with van der Waals surface area (Å²) in [5.41, 5.74) is 8.21. The van der Waals surface area contributed by atoms with Crippen LogP contribution in [-0.4, -0.2) is 30.3 Å². The summed E-state index contributed by atoms with van der Waals surface area (Å²) in [7, 11) is 0. The number of carboxylic acid groups (broad SMARTS) is 1. The fraction of sp³-hybridized carbons (Fsp3) is 0.278. The maximum Gasteiger partial charge on any atom is 0.343 e. The SMILES string of the molecule is NC(COc1ccc2c(c1C(=O)O)OCC2)Cc1ccccc1. The van der Waals surface area contributed by atoms with Gasteiger partial charge >= 0.3 is 5.97 Å². The summed E-state index contributed by atoms with van der Waals surface area (Å²) in [6.07, 6.45) is 1.40. The Bertz CT molecular complexity index is 700. The molecule has 0 bridgehead atoms. The van der Waals surface area contributed by atoms with Gasteiger partial charge in [-0.2, -0.15) is 0 Å². The number of rotatable bonds is 6. The van der Waals surface area contributed by atoms with Gasteiger partial charge in [-0.1, -0.05) is 36.4 Å². The van der Waals surface area contributed by atoms with Crippen molar-refractivity contribution >= 4 is 5.97 Å². The van der Waals surface area contributed by atoms with Crippen molar-refractivity contribution in [3.8, 4) is 11.5 Å². The number of ether oxygens (including phenoxy) is 2. The molecule has 3 rings (SSSR count). The molecule has 1 heterocycles. The molecule has 0 aromatic heterocycles. The molecule has 0 amide bonds. The van der Waals surface area contributed by atoms with Crippen LogP contribution in [-0.2, 0) is 12.8 Å². The monoisotopic (exact) mass is 313 g/mol. The highest BCUT2D eigenvalue weighted by atomic mass is 16.5. The van der Waals surface area contributed by atoms with Gasteiger partial charge in [0, 0.05) is 12.5 Å². The molecule has 2 aromatic carbocycles. The van der Waals surface area contributed by atoms with E-state index in [1.807, 2.05) is 36.4 Å². The summed E-state index contributed by atoms with van der Waals surface area (Å²) >= 11 is 0. The van der Waals surface area contributed by atoms with Gasteiger partial charge in [-0.3, -0.25) is 0 Å². The van der Waals surface area contributed by atoms with E-state index in [0.717, 1.165) is 17.5 Å². The van der Waals surface area contributed by atoms with E-state index in [1.54, 1.807) is 6.07 Å². The Balaban J connectivity index is 1.70. The molecule has 5 heteroatoms. The predicted molar refractivity (Wildman–Crippen MR) is 86.2 cm³/mol. The third kappa shape index (κ3) is 3.46. The van der Waals surface area contributed by atoms with E-state index in [0.29, 0.717) is 24.5 Å². The minimum absolute atomic E-state index is 0.0897. The summed E-state index contributed by atoms with van der Waals surface area (Å²) in [6.45, 7) is 0.751. The van der Waals surface area contributed by atoms with Crippen molar-refractivity contribution in [1.82, 2.24) is 0 Å². The topological polar surface area (TPSA) is 81.8 Å². The number of carboxylic acids is 1. The zero-order valence-electron chi connectivity index (χ0n) is 12.7. The summed E-state index contributed by atoms with van der Waals surface area (Å²) in [4.78, 5) is 11.5. The van der Waals surface area contributed by atoms with Gasteiger partial charge in [-0.15, -0.1) is 0 Å². The van der Waals surface area contributed by atoms with Crippen LogP contribution in [0.4, 0.5) is 0 Å². The average molecular weight is 313 g/mol. The first-order valence-electron chi connectivity index (χ1n) is 7.59. The van der Waals surface area contributed by atoms with Crippen LogP contribution >= 0.6 is 0 Å². The first-order chi connectivity index (χ1) is 11.1. The highest BCUT2D eigenvalue weighted by Gasteiger charge is 2.25. The Hall–Kier alpha value is -2.53. The minimum atomic E-state index is -1.05. The molecule has 1 aliphatic heterocycles. The molecule has 0 fully saturated rings. The molecule has 0 saturated carbocycles. The lowest BCUT2D eigenvalue weighted by Gasteiger charge is -2.16. The average Bonchev–Trinajstić information content (AvgIpc) is 3.01. The van der Waals surface area contributed by atoms with Crippen molar-refractivity contribution in [3.63, 3.8) is 0 Å². The lowest BCUT2D eigenvalue weighted by molar-refractivity contribution is 0.0688. The summed E-state index contributed by atoms with van der Waals surface area (Å²) in [5, 5.41) is 9.44. The minimum Gasteiger partial charge on any atom is -0.492 e. The van der Waals surface area contributed by atoms with Crippen LogP contribution < -0.4 is 15.2 Å². The summed E-state index contributed by atoms with van der Waals surface area (Å²) < 4.78 is 11.1. The van der Waals surface area contributed by atoms with Crippen molar-refractivity contribution in [2.24, 2.45) is 5.73 Å². The van der Waals surface area contributed by atoms with Crippen molar-refractivity contribution < 1.29 is 19.4 Å². The molecule has 120 valence electrons. The molecule has 2 aromatic rings. The quantitative estimate of drug-likeness (QED) is 0.855. The fourth-order valence-corrected chi connectivity index (χ4v) is 2.73. The molecule has 1 aliphatic rings. The van der Waals surface area contributed by atoms with E-state index in [9.17, 15) is 9.90 Å². The summed E-state index contributed by atoms with van der Waals surface area (Å²) in [6, 6.07) is 13.2. The number of carbonyl (C=O) groups is 1. The van der Waals surface area contributed by atoms with E-state index in [1.165, 1.54) is 0 Å². The molecule has 0 aliphatic carbocycles. The zero-order chi connectivity index (χ0) is 16.2. The first kappa shape index (κ1) is 15.4. The molecule has 0 spiro atoms. The molecular weight excluding hydrogens is 294 g/mol. The maximum absolute atomic E-state index is 11.5. The van der Waals surface area contributed by atoms with Crippen molar-refractivity contribution in [1.29, 1.82) is 0 Å². The van der Waals surface area contributed by atoms with Gasteiger partial charge < -0.3 is 20.3 Å². The second-order valence-corrected chi connectivity index (χ2v) is 5.59. The number of hydrogen-bond acceptors (Lipinski definition) is 4. The largest absolute Gasteiger partial charge is 0.492 e. The van der Waals surface area contributed by atoms with Crippen molar-refractivity contribution in [2.75, 3.05) is 13.2 Å². The second kappa shape index (κ2) is 6.71. The molecule has 5 nitrogen and oxygen atoms in total. The smallest absolute Gasteiger partial charge is 0.343 e. The van der Waals surface area contributed by atoms with E-state index in [4.69, 9.17) is 15.2 Å². The Morgan fingerprint density at radius 3 is 2.78 bits per heavy atom. The molecule has 1 atom stereocenters. The second-order valence-electron chi connectivity index (χ2n) is 5.59. The van der Waals surface area contributed by atoms with Crippen LogP contribution in [0.5, 0.6) is 11.5 Å². The number of nitrogens with two attached hydrogens (primary N) is 1. The van der Waals surface area contributed by atoms with Gasteiger partial charge in [0.05, 0.1) is 6.61 Å².